The number of alkyl carbamates (subject to hydrolysis) is 1. The second kappa shape index (κ2) is 51.1. The van der Waals surface area contributed by atoms with Crippen LogP contribution in [0.1, 0.15) is 142 Å². The number of Topliss-reactive ketones (excluding diaryl/α,β-unsaturated/α-hetero) is 1. The number of halogens is 1. The van der Waals surface area contributed by atoms with Crippen molar-refractivity contribution in [1.82, 2.24) is 41.9 Å². The minimum Gasteiger partial charge on any atom is -0.492 e. The molecule has 8 rings (SSSR count). The maximum Gasteiger partial charge on any atom is 0.411 e. The Bertz CT molecular complexity index is 4580. The summed E-state index contributed by atoms with van der Waals surface area (Å²) in [6, 6.07) is 0.113. The molecule has 2 bridgehead atoms. The first kappa shape index (κ1) is 109. The number of hydroxylamine groups is 1. The number of thioether (sulfide) groups is 1. The second-order valence-electron chi connectivity index (χ2n) is 33.3. The molecule has 0 saturated carbocycles. The summed E-state index contributed by atoms with van der Waals surface area (Å²) in [7, 11) is 12.5. The number of urea groups is 1. The maximum atomic E-state index is 14.7. The number of ether oxygens (including phenoxy) is 13. The van der Waals surface area contributed by atoms with E-state index in [2.05, 4.69) is 61.1 Å². The van der Waals surface area contributed by atoms with Gasteiger partial charge in [-0.25, -0.2) is 14.4 Å². The number of nitrogens with two attached hydrogens (primary N) is 2. The van der Waals surface area contributed by atoms with Gasteiger partial charge in [-0.2, -0.15) is 5.48 Å². The van der Waals surface area contributed by atoms with E-state index in [1.807, 2.05) is 36.4 Å². The third kappa shape index (κ3) is 29.2. The van der Waals surface area contributed by atoms with E-state index in [1.54, 1.807) is 92.9 Å². The van der Waals surface area contributed by atoms with Crippen molar-refractivity contribution < 1.29 is 140 Å². The Balaban J connectivity index is 1.02. The van der Waals surface area contributed by atoms with Crippen molar-refractivity contribution in [2.75, 3.05) is 87.0 Å². The first-order valence-corrected chi connectivity index (χ1v) is 47.5. The summed E-state index contributed by atoms with van der Waals surface area (Å²) in [5, 5.41) is 74.0. The average molecular weight is 2030 g/mol. The van der Waals surface area contributed by atoms with Crippen LogP contribution in [-0.4, -0.2) is 314 Å². The quantitative estimate of drug-likeness (QED) is 0.0147. The molecule has 16 N–H and O–H groups in total. The molecular formula is C88H126IN11O29S3. The number of nitrogens with zero attached hydrogens (tertiary/aromatic N) is 2. The van der Waals surface area contributed by atoms with Crippen molar-refractivity contribution in [1.29, 1.82) is 0 Å². The van der Waals surface area contributed by atoms with Gasteiger partial charge in [0.1, 0.15) is 61.4 Å². The predicted octanol–water partition coefficient (Wildman–Crippen LogP) is 3.87. The number of rotatable bonds is 42. The van der Waals surface area contributed by atoms with Gasteiger partial charge in [-0.3, -0.25) is 43.7 Å². The number of ketones is 1. The van der Waals surface area contributed by atoms with Gasteiger partial charge < -0.3 is 135 Å². The van der Waals surface area contributed by atoms with E-state index in [0.717, 1.165) is 18.9 Å². The number of unbranched alkanes of at least 4 members (excludes halogenated alkanes) is 1. The van der Waals surface area contributed by atoms with E-state index in [4.69, 9.17) is 77.9 Å². The summed E-state index contributed by atoms with van der Waals surface area (Å²) in [5.41, 5.74) is 12.3. The molecule has 0 aromatic heterocycles. The fourth-order valence-electron chi connectivity index (χ4n) is 15.5. The van der Waals surface area contributed by atoms with Crippen LogP contribution in [0.4, 0.5) is 20.1 Å². The Morgan fingerprint density at radius 1 is 0.788 bits per heavy atom. The Hall–Kier alpha value is -8.18. The zero-order chi connectivity index (χ0) is 97.3. The number of amides is 9. The SMILES string of the molecule is CCN(C(=O)OCc1ccc(NC(=O)[C@H](CCCNC(N)=O)NC(=O)[C@@H](NC(=O)[C@H](CCCCN)NC(C)=O)C(C)C)cc1)[C@H]1CO[C@@H](O[C@H]2[C@H](O[C@H]3C#CC=CC#C[C@]4(O)CC(=O)C(NC(=O)OC)=C3/C4=C\CSSC(C)(C)CC(=O)N(C)C)O[C@H](C)[C@@H](NO[C@H]3C[C@H](O)[C@H](SC(=O)c4c(C)c(I)c(O[C@@H]5O[C@@H](C)[C@H](O)[C@@H](OC)[C@H]5O)c(OC)c4OC)[C@@H](C)O3)[C@@H]2O)C[C@@H]1OC. The molecule has 0 unspecified atom stereocenters. The first-order chi connectivity index (χ1) is 62.6. The molecule has 132 heavy (non-hydrogen) atoms. The lowest BCUT2D eigenvalue weighted by molar-refractivity contribution is -0.337. The van der Waals surface area contributed by atoms with Gasteiger partial charge in [-0.1, -0.05) is 89.1 Å². The van der Waals surface area contributed by atoms with Gasteiger partial charge in [0, 0.05) is 94.9 Å². The monoisotopic (exact) mass is 2020 g/mol. The van der Waals surface area contributed by atoms with Gasteiger partial charge in [-0.05, 0) is 151 Å². The molecule has 40 nitrogen and oxygen atoms in total. The highest BCUT2D eigenvalue weighted by Crippen LogP contribution is 2.50. The molecular weight excluding hydrogens is 1900 g/mol. The van der Waals surface area contributed by atoms with Gasteiger partial charge in [0.25, 0.3) is 0 Å². The van der Waals surface area contributed by atoms with E-state index in [1.165, 1.54) is 78.9 Å². The molecule has 4 heterocycles. The topological polar surface area (TPSA) is 544 Å². The van der Waals surface area contributed by atoms with Gasteiger partial charge in [0.2, 0.25) is 46.7 Å². The normalized spacial score (nSPS) is 27.4. The molecule has 9 amide bonds. The maximum absolute atomic E-state index is 14.7. The number of hydrogen-bond acceptors (Lipinski definition) is 34. The number of methoxy groups -OCH3 is 5. The Morgan fingerprint density at radius 2 is 1.47 bits per heavy atom. The molecule has 732 valence electrons. The Labute approximate surface area is 793 Å². The number of anilines is 1. The Morgan fingerprint density at radius 3 is 2.10 bits per heavy atom. The van der Waals surface area contributed by atoms with E-state index in [-0.39, 0.29) is 122 Å². The van der Waals surface area contributed by atoms with Crippen molar-refractivity contribution in [2.24, 2.45) is 17.4 Å². The van der Waals surface area contributed by atoms with Crippen LogP contribution in [0.25, 0.3) is 0 Å². The van der Waals surface area contributed by atoms with E-state index in [0.29, 0.717) is 34.1 Å². The number of carbonyl (C=O) groups is 10. The lowest BCUT2D eigenvalue weighted by Crippen LogP contribution is -2.65. The molecule has 2 aromatic rings. The van der Waals surface area contributed by atoms with Gasteiger partial charge in [0.05, 0.1) is 97.0 Å². The number of carbonyl (C=O) groups excluding carboxylic acids is 10. The summed E-state index contributed by atoms with van der Waals surface area (Å²) in [4.78, 5) is 144. The highest BCUT2D eigenvalue weighted by atomic mass is 127. The molecule has 22 atom stereocenters. The largest absolute Gasteiger partial charge is 0.492 e. The van der Waals surface area contributed by atoms with Crippen LogP contribution >= 0.6 is 55.9 Å². The van der Waals surface area contributed by atoms with Crippen LogP contribution in [0.3, 0.4) is 0 Å². The standard InChI is InChI=1S/C88H126IN11O29S3/c1-18-100(86(114)122-42-50-29-31-51(32-30-50)94-78(108)54(27-25-36-92-84(91)112)95-80(110)66(44(2)3)96-79(109)53(93-49(8)101)26-22-24-35-90)55-43-121-61(39-59(55)116-13)127-75-70(106)67(98-129-62-38-56(102)77(48(7)123-62)131-81(111)63-45(4)65(89)73(76(119-16)72(63)117-14)128-82-71(107)74(118-15)69(105)47(6)125-82)46(5)124-83(75)126-58-28-21-19-20-23-34-88(115)40-57(103)68(97-85(113)120-17)64(58)52(88)33-37-130-132-87(9,10)41-60(104)99(11)12/h19-20,29-33,44,46-48,53-56,58-59,61-62,66-67,69-71,74-75,77,82-83,98,102,105-107,115H,18,22,24-27,35-43,90H2,1-17H3,(H,93,101)(H,94,108)(H,95,110)(H,96,109)(H,97,113)(H3,91,92,112)/b20-19?,52-33+/t46-,47+,48-,53+,54+,55+,56+,58+,59+,61+,62+,66+,67-,69+,70+,71-,74-,75-,77-,82+,83+,88+/m1/s1. The van der Waals surface area contributed by atoms with Crippen LogP contribution in [0, 0.1) is 40.1 Å². The van der Waals surface area contributed by atoms with Crippen LogP contribution < -0.4 is 63.1 Å². The summed E-state index contributed by atoms with van der Waals surface area (Å²) < 4.78 is 79.2. The van der Waals surface area contributed by atoms with Crippen molar-refractivity contribution in [3.05, 3.63) is 79.6 Å². The van der Waals surface area contributed by atoms with E-state index in [9.17, 15) is 73.5 Å². The van der Waals surface area contributed by atoms with Crippen LogP contribution in [0.2, 0.25) is 0 Å². The summed E-state index contributed by atoms with van der Waals surface area (Å²) in [5.74, 6) is 7.86. The summed E-state index contributed by atoms with van der Waals surface area (Å²) in [6.45, 7) is 16.6. The van der Waals surface area contributed by atoms with Gasteiger partial charge in [-0.15, -0.1) is 0 Å². The first-order valence-electron chi connectivity index (χ1n) is 43.2. The molecule has 0 radical (unpaired) electrons. The van der Waals surface area contributed by atoms with Crippen LogP contribution in [0.15, 0.2) is 59.3 Å². The zero-order valence-corrected chi connectivity index (χ0v) is 81.6. The summed E-state index contributed by atoms with van der Waals surface area (Å²) in [6.07, 6.45) is -16.2. The molecule has 4 fully saturated rings. The zero-order valence-electron chi connectivity index (χ0n) is 77.0. The number of nitrogens with one attached hydrogen (secondary N) is 7. The number of hydrogen-bond donors (Lipinski definition) is 14. The third-order valence-electron chi connectivity index (χ3n) is 22.6. The highest BCUT2D eigenvalue weighted by Gasteiger charge is 2.53. The lowest BCUT2D eigenvalue weighted by Gasteiger charge is -2.47. The third-order valence-corrected chi connectivity index (χ3v) is 28.4. The smallest absolute Gasteiger partial charge is 0.411 e. The van der Waals surface area contributed by atoms with E-state index < -0.39 is 203 Å². The molecule has 4 saturated heterocycles. The molecule has 44 heteroatoms. The lowest BCUT2D eigenvalue weighted by atomic mass is 9.75. The average Bonchev–Trinajstić information content (AvgIpc) is 0.748. The molecule has 0 spiro atoms. The molecule has 2 aliphatic carbocycles. The van der Waals surface area contributed by atoms with Crippen molar-refractivity contribution in [3.8, 4) is 40.9 Å². The van der Waals surface area contributed by atoms with Crippen LogP contribution in [-0.2, 0) is 87.6 Å². The molecule has 6 aliphatic rings. The van der Waals surface area contributed by atoms with Gasteiger partial charge in [0.15, 0.2) is 41.8 Å². The number of benzene rings is 2. The number of allylic oxidation sites excluding steroid dienone is 3. The number of fused-ring (bicyclic) bond motifs is 2. The molecule has 2 aromatic carbocycles. The predicted molar refractivity (Wildman–Crippen MR) is 494 cm³/mol. The number of likely N-dealkylation sites (N-methyl/N-ethyl adjacent to an activating group) is 1. The van der Waals surface area contributed by atoms with E-state index >= 15 is 0 Å². The van der Waals surface area contributed by atoms with Crippen LogP contribution in [0.5, 0.6) is 17.2 Å². The van der Waals surface area contributed by atoms with Crippen molar-refractivity contribution >= 4 is 120 Å². The van der Waals surface area contributed by atoms with Crippen molar-refractivity contribution in [3.63, 3.8) is 0 Å². The minimum absolute atomic E-state index is 0.00196. The fourth-order valence-corrected chi connectivity index (χ4v) is 19.6. The second-order valence-corrected chi connectivity index (χ2v) is 38.6. The summed E-state index contributed by atoms with van der Waals surface area (Å²) >= 11 is 2.74. The molecule has 4 aliphatic heterocycles. The number of aliphatic hydroxyl groups excluding tert-OH is 4. The Kier molecular flexibility index (Phi) is 42.3. The fraction of sp³-hybridized carbons (Fsp3) is 0.636. The number of primary amides is 1. The van der Waals surface area contributed by atoms with Crippen molar-refractivity contribution in [2.45, 2.75) is 272 Å². The highest BCUT2D eigenvalue weighted by molar-refractivity contribution is 14.1. The van der Waals surface area contributed by atoms with Gasteiger partial charge >= 0.3 is 18.2 Å². The minimum atomic E-state index is -2.25. The number of aliphatic hydroxyl groups is 5.